The van der Waals surface area contributed by atoms with Crippen molar-refractivity contribution in [1.29, 1.82) is 0 Å². The highest BCUT2D eigenvalue weighted by molar-refractivity contribution is 6.00. The smallest absolute Gasteiger partial charge is 0.349 e. The summed E-state index contributed by atoms with van der Waals surface area (Å²) in [5.41, 5.74) is 0.797. The molecule has 9 rings (SSSR count). The Morgan fingerprint density at radius 1 is 1.08 bits per heavy atom. The lowest BCUT2D eigenvalue weighted by Gasteiger charge is -2.20. The summed E-state index contributed by atoms with van der Waals surface area (Å²) in [4.78, 5) is 24.7. The highest BCUT2D eigenvalue weighted by Crippen LogP contribution is 2.51. The van der Waals surface area contributed by atoms with Crippen molar-refractivity contribution in [3.63, 3.8) is 0 Å². The Balaban J connectivity index is 0.000000321. The van der Waals surface area contributed by atoms with Crippen LogP contribution >= 0.6 is 0 Å². The van der Waals surface area contributed by atoms with E-state index < -0.39 is 23.2 Å². The number of rotatable bonds is 5. The van der Waals surface area contributed by atoms with Gasteiger partial charge >= 0.3 is 11.6 Å². The first kappa shape index (κ1) is 30.4. The summed E-state index contributed by atoms with van der Waals surface area (Å²) in [6.45, 7) is 3.75. The number of halogens is 2. The van der Waals surface area contributed by atoms with Crippen LogP contribution in [0.5, 0.6) is 23.3 Å². The minimum atomic E-state index is -0.704. The third-order valence-electron chi connectivity index (χ3n) is 9.81. The number of hydrogen-bond donors (Lipinski definition) is 2. The molecule has 0 amide bonds. The first-order chi connectivity index (χ1) is 23.2. The second-order valence-electron chi connectivity index (χ2n) is 12.9. The lowest BCUT2D eigenvalue weighted by molar-refractivity contribution is 0.174. The number of aromatic hydroxyl groups is 1. The molecule has 4 aliphatic rings. The van der Waals surface area contributed by atoms with E-state index in [-0.39, 0.29) is 46.5 Å². The molecule has 2 saturated heterocycles. The van der Waals surface area contributed by atoms with Gasteiger partial charge in [0.05, 0.1) is 18.2 Å². The van der Waals surface area contributed by atoms with Gasteiger partial charge in [0.1, 0.15) is 34.7 Å². The lowest BCUT2D eigenvalue weighted by Crippen LogP contribution is -2.22. The van der Waals surface area contributed by atoms with Gasteiger partial charge in [-0.1, -0.05) is 18.2 Å². The van der Waals surface area contributed by atoms with Crippen LogP contribution in [-0.2, 0) is 5.54 Å². The molecule has 48 heavy (non-hydrogen) atoms. The number of fused-ring (bicyclic) bond motifs is 4. The Morgan fingerprint density at radius 3 is 2.71 bits per heavy atom. The molecule has 12 heteroatoms. The SMILES string of the molecule is COc1nc(NC2(c3ccc4c(c3)OCO4)CC2)c2c(=O)oc(-c3cc(O)cc4cccc(F)c34)c(C)c2n1.FC1CC2CCCN2C1. The predicted octanol–water partition coefficient (Wildman–Crippen LogP) is 6.59. The number of ether oxygens (including phenoxy) is 3. The van der Waals surface area contributed by atoms with Gasteiger partial charge in [0, 0.05) is 29.1 Å². The van der Waals surface area contributed by atoms with Crippen molar-refractivity contribution in [2.24, 2.45) is 0 Å². The van der Waals surface area contributed by atoms with Crippen LogP contribution in [0.15, 0.2) is 57.7 Å². The van der Waals surface area contributed by atoms with Crippen LogP contribution in [0.3, 0.4) is 0 Å². The number of alkyl halides is 1. The van der Waals surface area contributed by atoms with Crippen LogP contribution in [0.2, 0.25) is 0 Å². The first-order valence-corrected chi connectivity index (χ1v) is 16.1. The molecule has 5 heterocycles. The molecule has 2 aromatic heterocycles. The second kappa shape index (κ2) is 11.6. The number of anilines is 1. The molecule has 0 bridgehead atoms. The minimum Gasteiger partial charge on any atom is -0.508 e. The summed E-state index contributed by atoms with van der Waals surface area (Å²) in [6.07, 6.45) is 4.42. The van der Waals surface area contributed by atoms with Crippen molar-refractivity contribution in [3.8, 4) is 34.6 Å². The summed E-state index contributed by atoms with van der Waals surface area (Å²) in [5.74, 6) is 1.11. The Hall–Kier alpha value is -4.97. The molecule has 5 aromatic rings. The van der Waals surface area contributed by atoms with Crippen molar-refractivity contribution < 1.29 is 32.5 Å². The van der Waals surface area contributed by atoms with Gasteiger partial charge in [0.2, 0.25) is 6.79 Å². The predicted molar refractivity (Wildman–Crippen MR) is 175 cm³/mol. The first-order valence-electron chi connectivity index (χ1n) is 16.1. The zero-order chi connectivity index (χ0) is 33.2. The van der Waals surface area contributed by atoms with E-state index in [1.165, 1.54) is 38.2 Å². The molecule has 0 spiro atoms. The summed E-state index contributed by atoms with van der Waals surface area (Å²) < 4.78 is 49.7. The third kappa shape index (κ3) is 5.24. The van der Waals surface area contributed by atoms with Gasteiger partial charge in [-0.25, -0.2) is 13.6 Å². The Kier molecular flexibility index (Phi) is 7.35. The lowest BCUT2D eigenvalue weighted by atomic mass is 9.98. The monoisotopic (exact) mass is 656 g/mol. The Morgan fingerprint density at radius 2 is 1.92 bits per heavy atom. The van der Waals surface area contributed by atoms with Crippen LogP contribution in [-0.4, -0.2) is 59.2 Å². The highest BCUT2D eigenvalue weighted by Gasteiger charge is 2.46. The topological polar surface area (TPSA) is 119 Å². The molecule has 0 radical (unpaired) electrons. The van der Waals surface area contributed by atoms with Crippen LogP contribution in [0.1, 0.15) is 43.2 Å². The van der Waals surface area contributed by atoms with Gasteiger partial charge < -0.3 is 29.1 Å². The maximum Gasteiger partial charge on any atom is 0.349 e. The maximum absolute atomic E-state index is 15.0. The largest absolute Gasteiger partial charge is 0.508 e. The molecular weight excluding hydrogens is 622 g/mol. The quantitative estimate of drug-likeness (QED) is 0.215. The summed E-state index contributed by atoms with van der Waals surface area (Å²) in [5, 5.41) is 14.6. The number of phenolic OH excluding ortho intramolecular Hbond substituents is 1. The molecule has 1 aliphatic carbocycles. The van der Waals surface area contributed by atoms with Crippen molar-refractivity contribution in [3.05, 3.63) is 75.9 Å². The maximum atomic E-state index is 15.0. The zero-order valence-electron chi connectivity index (χ0n) is 26.5. The number of nitrogens with one attached hydrogen (secondary N) is 1. The van der Waals surface area contributed by atoms with Gasteiger partial charge in [0.25, 0.3) is 0 Å². The highest BCUT2D eigenvalue weighted by atomic mass is 19.1. The third-order valence-corrected chi connectivity index (χ3v) is 9.81. The van der Waals surface area contributed by atoms with E-state index >= 15 is 0 Å². The number of aryl methyl sites for hydroxylation is 1. The standard InChI is InChI=1S/C29H22FN3O6.C7H12FN/c1-14-24-23(27(35)39-25(14)18-12-17(34)10-15-4-3-5-19(30)22(15)18)26(32-28(31-24)36-2)33-29(8-9-29)16-6-7-20-21(11-16)38-13-37-20;8-6-4-7-2-1-3-9(7)5-6/h3-7,10-12,34H,8-9,13H2,1-2H3,(H,31,32,33);6-7H,1-5H2. The van der Waals surface area contributed by atoms with Gasteiger partial charge in [-0.05, 0) is 86.9 Å². The van der Waals surface area contributed by atoms with Gasteiger partial charge in [-0.15, -0.1) is 0 Å². The molecular formula is C36H34F2N4O6. The molecule has 2 atom stereocenters. The van der Waals surface area contributed by atoms with E-state index in [0.29, 0.717) is 40.6 Å². The van der Waals surface area contributed by atoms with Gasteiger partial charge in [-0.2, -0.15) is 9.97 Å². The van der Waals surface area contributed by atoms with E-state index in [1.54, 1.807) is 19.1 Å². The average molecular weight is 657 g/mol. The number of aromatic nitrogens is 2. The van der Waals surface area contributed by atoms with E-state index in [0.717, 1.165) is 31.4 Å². The molecule has 3 aliphatic heterocycles. The number of nitrogens with zero attached hydrogens (tertiary/aromatic N) is 3. The summed E-state index contributed by atoms with van der Waals surface area (Å²) in [6, 6.07) is 13.8. The van der Waals surface area contributed by atoms with Crippen molar-refractivity contribution >= 4 is 27.5 Å². The Labute approximate surface area is 274 Å². The van der Waals surface area contributed by atoms with Crippen LogP contribution in [0.4, 0.5) is 14.6 Å². The number of hydrogen-bond acceptors (Lipinski definition) is 10. The fourth-order valence-corrected chi connectivity index (χ4v) is 7.28. The molecule has 3 aromatic carbocycles. The molecule has 1 saturated carbocycles. The fraction of sp³-hybridized carbons (Fsp3) is 0.361. The summed E-state index contributed by atoms with van der Waals surface area (Å²) >= 11 is 0. The normalized spacial score (nSPS) is 20.4. The van der Waals surface area contributed by atoms with Crippen molar-refractivity contribution in [1.82, 2.24) is 14.9 Å². The van der Waals surface area contributed by atoms with Crippen molar-refractivity contribution in [2.75, 3.05) is 32.3 Å². The van der Waals surface area contributed by atoms with E-state index in [9.17, 15) is 18.7 Å². The van der Waals surface area contributed by atoms with Crippen LogP contribution in [0.25, 0.3) is 33.0 Å². The molecule has 2 unspecified atom stereocenters. The zero-order valence-corrected chi connectivity index (χ0v) is 26.5. The molecule has 2 N–H and O–H groups in total. The van der Waals surface area contributed by atoms with E-state index in [1.807, 2.05) is 18.2 Å². The number of benzene rings is 3. The number of phenols is 1. The van der Waals surface area contributed by atoms with E-state index in [4.69, 9.17) is 18.6 Å². The van der Waals surface area contributed by atoms with Crippen LogP contribution < -0.4 is 25.2 Å². The average Bonchev–Trinajstić information content (AvgIpc) is 3.34. The second-order valence-corrected chi connectivity index (χ2v) is 12.9. The molecule has 3 fully saturated rings. The Bertz CT molecular complexity index is 2120. The van der Waals surface area contributed by atoms with Crippen molar-refractivity contribution in [2.45, 2.75) is 56.8 Å². The van der Waals surface area contributed by atoms with Crippen LogP contribution in [0, 0.1) is 12.7 Å². The van der Waals surface area contributed by atoms with Gasteiger partial charge in [-0.3, -0.25) is 4.90 Å². The van der Waals surface area contributed by atoms with E-state index in [2.05, 4.69) is 20.2 Å². The van der Waals surface area contributed by atoms with Gasteiger partial charge in [0.15, 0.2) is 11.5 Å². The minimum absolute atomic E-state index is 0.0538. The summed E-state index contributed by atoms with van der Waals surface area (Å²) in [7, 11) is 1.44. The molecule has 248 valence electrons. The number of methoxy groups -OCH3 is 1. The molecule has 10 nitrogen and oxygen atoms in total. The fourth-order valence-electron chi connectivity index (χ4n) is 7.28.